The highest BCUT2D eigenvalue weighted by Gasteiger charge is 2.16. The zero-order valence-corrected chi connectivity index (χ0v) is 23.2. The van der Waals surface area contributed by atoms with E-state index in [0.717, 1.165) is 0 Å². The molecule has 2 nitrogen and oxygen atoms in total. The maximum absolute atomic E-state index is 2.60. The molecule has 0 aliphatic rings. The van der Waals surface area contributed by atoms with E-state index in [1.165, 1.54) is 161 Å². The number of imidazole rings is 1. The van der Waals surface area contributed by atoms with Crippen LogP contribution < -0.4 is 4.57 Å². The van der Waals surface area contributed by atoms with Gasteiger partial charge in [0.25, 0.3) is 5.82 Å². The third-order valence-electron chi connectivity index (χ3n) is 7.35. The van der Waals surface area contributed by atoms with E-state index in [0.29, 0.717) is 0 Å². The molecule has 1 aromatic heterocycles. The second kappa shape index (κ2) is 23.0. The van der Waals surface area contributed by atoms with Crippen LogP contribution in [0.4, 0.5) is 0 Å². The number of nitrogens with zero attached hydrogens (tertiary/aromatic N) is 2. The van der Waals surface area contributed by atoms with Crippen LogP contribution in [0, 0.1) is 0 Å². The number of hydrogen-bond acceptors (Lipinski definition) is 0. The highest BCUT2D eigenvalue weighted by molar-refractivity contribution is 4.84. The number of rotatable bonds is 25. The molecule has 0 atom stereocenters. The van der Waals surface area contributed by atoms with Crippen LogP contribution in [0.2, 0.25) is 0 Å². The summed E-state index contributed by atoms with van der Waals surface area (Å²) in [4.78, 5) is 0. The number of aromatic nitrogens is 2. The maximum atomic E-state index is 2.60. The van der Waals surface area contributed by atoms with Crippen LogP contribution in [-0.4, -0.2) is 4.57 Å². The Balaban J connectivity index is 2.32. The minimum Gasteiger partial charge on any atom is -0.234 e. The van der Waals surface area contributed by atoms with Gasteiger partial charge >= 0.3 is 0 Å². The largest absolute Gasteiger partial charge is 0.256 e. The van der Waals surface area contributed by atoms with Crippen molar-refractivity contribution in [1.29, 1.82) is 0 Å². The van der Waals surface area contributed by atoms with Gasteiger partial charge in [0.1, 0.15) is 12.4 Å². The van der Waals surface area contributed by atoms with Gasteiger partial charge in [-0.3, -0.25) is 0 Å². The first kappa shape index (κ1) is 30.2. The summed E-state index contributed by atoms with van der Waals surface area (Å²) in [6, 6.07) is 0. The third kappa shape index (κ3) is 16.5. The van der Waals surface area contributed by atoms with Crippen LogP contribution in [0.25, 0.3) is 0 Å². The topological polar surface area (TPSA) is 8.81 Å². The lowest BCUT2D eigenvalue weighted by Crippen LogP contribution is -2.37. The molecule has 0 aliphatic carbocycles. The van der Waals surface area contributed by atoms with Gasteiger partial charge in [-0.1, -0.05) is 130 Å². The summed E-state index contributed by atoms with van der Waals surface area (Å²) in [6.45, 7) is 9.37. The summed E-state index contributed by atoms with van der Waals surface area (Å²) in [6.07, 6.45) is 37.0. The van der Waals surface area contributed by atoms with Crippen molar-refractivity contribution in [3.8, 4) is 0 Å². The summed E-state index contributed by atoms with van der Waals surface area (Å²) >= 11 is 0. The molecule has 0 N–H and O–H groups in total. The molecule has 1 aromatic rings. The van der Waals surface area contributed by atoms with Gasteiger partial charge < -0.3 is 0 Å². The van der Waals surface area contributed by atoms with Crippen LogP contribution in [0.3, 0.4) is 0 Å². The van der Waals surface area contributed by atoms with Crippen LogP contribution in [-0.2, 0) is 19.5 Å². The molecule has 0 spiro atoms. The van der Waals surface area contributed by atoms with Crippen LogP contribution >= 0.6 is 0 Å². The van der Waals surface area contributed by atoms with E-state index in [4.69, 9.17) is 0 Å². The van der Waals surface area contributed by atoms with Crippen molar-refractivity contribution in [2.75, 3.05) is 0 Å². The van der Waals surface area contributed by atoms with E-state index in [-0.39, 0.29) is 0 Å². The molecule has 0 fully saturated rings. The number of aryl methyl sites for hydroxylation is 2. The van der Waals surface area contributed by atoms with Crippen LogP contribution in [0.1, 0.15) is 168 Å². The lowest BCUT2D eigenvalue weighted by molar-refractivity contribution is -0.704. The molecule has 0 unspecified atom stereocenters. The van der Waals surface area contributed by atoms with Crippen molar-refractivity contribution < 1.29 is 4.57 Å². The van der Waals surface area contributed by atoms with Gasteiger partial charge in [0.05, 0.1) is 13.1 Å². The van der Waals surface area contributed by atoms with Gasteiger partial charge in [0.2, 0.25) is 0 Å². The standard InChI is InChI=1S/C31H61N2/c1-4-7-10-13-15-17-18-19-21-23-26-31-32(27-24-12-9-6-3)29-30-33(31)28-25-22-20-16-14-11-8-5-2/h29-30H,4-28H2,1-3H3/q+1. The SMILES string of the molecule is CCCCCCCCCCCCc1n(CCCCCC)cc[n+]1CCCCCCCCCC. The Morgan fingerprint density at radius 3 is 1.45 bits per heavy atom. The van der Waals surface area contributed by atoms with Gasteiger partial charge in [-0.15, -0.1) is 0 Å². The highest BCUT2D eigenvalue weighted by atomic mass is 15.1. The average Bonchev–Trinajstić information content (AvgIpc) is 3.21. The second-order valence-corrected chi connectivity index (χ2v) is 10.6. The first-order valence-corrected chi connectivity index (χ1v) is 15.4. The van der Waals surface area contributed by atoms with Crippen LogP contribution in [0.15, 0.2) is 12.4 Å². The quantitative estimate of drug-likeness (QED) is 0.101. The van der Waals surface area contributed by atoms with Crippen molar-refractivity contribution in [2.45, 2.75) is 182 Å². The van der Waals surface area contributed by atoms with Crippen molar-refractivity contribution in [1.82, 2.24) is 4.57 Å². The number of unbranched alkanes of at least 4 members (excludes halogenated alkanes) is 19. The van der Waals surface area contributed by atoms with E-state index in [9.17, 15) is 0 Å². The van der Waals surface area contributed by atoms with Gasteiger partial charge in [-0.05, 0) is 32.1 Å². The second-order valence-electron chi connectivity index (χ2n) is 10.6. The van der Waals surface area contributed by atoms with Gasteiger partial charge in [0.15, 0.2) is 0 Å². The summed E-state index contributed by atoms with van der Waals surface area (Å²) in [5, 5.41) is 0. The van der Waals surface area contributed by atoms with E-state index in [1.807, 2.05) is 0 Å². The molecular formula is C31H61N2+. The summed E-state index contributed by atoms with van der Waals surface area (Å²) in [5.41, 5.74) is 0. The fourth-order valence-corrected chi connectivity index (χ4v) is 5.09. The Labute approximate surface area is 208 Å². The molecule has 1 heterocycles. The smallest absolute Gasteiger partial charge is 0.234 e. The fourth-order valence-electron chi connectivity index (χ4n) is 5.09. The zero-order chi connectivity index (χ0) is 23.8. The van der Waals surface area contributed by atoms with Crippen molar-refractivity contribution in [3.63, 3.8) is 0 Å². The molecule has 33 heavy (non-hydrogen) atoms. The van der Waals surface area contributed by atoms with Crippen LogP contribution in [0.5, 0.6) is 0 Å². The Morgan fingerprint density at radius 2 is 0.939 bits per heavy atom. The molecular weight excluding hydrogens is 400 g/mol. The zero-order valence-electron chi connectivity index (χ0n) is 23.2. The van der Waals surface area contributed by atoms with Crippen molar-refractivity contribution >= 4 is 0 Å². The lowest BCUT2D eigenvalue weighted by atomic mass is 10.1. The molecule has 0 bridgehead atoms. The fraction of sp³-hybridized carbons (Fsp3) is 0.903. The minimum absolute atomic E-state index is 1.22. The van der Waals surface area contributed by atoms with E-state index >= 15 is 0 Å². The Morgan fingerprint density at radius 1 is 0.515 bits per heavy atom. The Kier molecular flexibility index (Phi) is 21.1. The van der Waals surface area contributed by atoms with Gasteiger partial charge in [-0.2, -0.15) is 0 Å². The van der Waals surface area contributed by atoms with Crippen molar-refractivity contribution in [3.05, 3.63) is 18.2 Å². The van der Waals surface area contributed by atoms with Gasteiger partial charge in [0, 0.05) is 6.42 Å². The Hall–Kier alpha value is -0.790. The molecule has 0 radical (unpaired) electrons. The molecule has 0 aliphatic heterocycles. The normalized spacial score (nSPS) is 11.5. The predicted octanol–water partition coefficient (Wildman–Crippen LogP) is 9.96. The van der Waals surface area contributed by atoms with Crippen molar-refractivity contribution in [2.24, 2.45) is 0 Å². The molecule has 0 saturated carbocycles. The first-order chi connectivity index (χ1) is 16.3. The molecule has 0 aromatic carbocycles. The number of hydrogen-bond donors (Lipinski definition) is 0. The molecule has 1 rings (SSSR count). The molecule has 194 valence electrons. The summed E-state index contributed by atoms with van der Waals surface area (Å²) < 4.78 is 5.19. The van der Waals surface area contributed by atoms with Gasteiger partial charge in [-0.25, -0.2) is 9.13 Å². The first-order valence-electron chi connectivity index (χ1n) is 15.4. The lowest BCUT2D eigenvalue weighted by Gasteiger charge is -2.07. The predicted molar refractivity (Wildman–Crippen MR) is 147 cm³/mol. The monoisotopic (exact) mass is 461 g/mol. The third-order valence-corrected chi connectivity index (χ3v) is 7.35. The van der Waals surface area contributed by atoms with E-state index < -0.39 is 0 Å². The average molecular weight is 462 g/mol. The Bertz CT molecular complexity index is 519. The van der Waals surface area contributed by atoms with E-state index in [1.54, 1.807) is 5.82 Å². The molecule has 0 saturated heterocycles. The minimum atomic E-state index is 1.22. The maximum Gasteiger partial charge on any atom is 0.256 e. The summed E-state index contributed by atoms with van der Waals surface area (Å²) in [7, 11) is 0. The summed E-state index contributed by atoms with van der Waals surface area (Å²) in [5.74, 6) is 1.61. The molecule has 2 heteroatoms. The molecule has 0 amide bonds. The highest BCUT2D eigenvalue weighted by Crippen LogP contribution is 2.13. The van der Waals surface area contributed by atoms with E-state index in [2.05, 4.69) is 42.3 Å².